The molecular weight excluding hydrogens is 228 g/mol. The second-order valence-electron chi connectivity index (χ2n) is 5.06. The molecule has 1 aromatic heterocycles. The summed E-state index contributed by atoms with van der Waals surface area (Å²) in [5.74, 6) is 1.77. The SMILES string of the molecule is CC(NCCCC1CC1)C(=O)NCc1ccco1. The van der Waals surface area contributed by atoms with E-state index in [1.165, 1.54) is 25.7 Å². The Morgan fingerprint density at radius 1 is 1.56 bits per heavy atom. The summed E-state index contributed by atoms with van der Waals surface area (Å²) in [4.78, 5) is 11.8. The summed E-state index contributed by atoms with van der Waals surface area (Å²) in [6, 6.07) is 3.54. The van der Waals surface area contributed by atoms with Crippen LogP contribution in [0.1, 0.15) is 38.4 Å². The lowest BCUT2D eigenvalue weighted by Crippen LogP contribution is -2.42. The van der Waals surface area contributed by atoms with Crippen molar-refractivity contribution in [3.63, 3.8) is 0 Å². The van der Waals surface area contributed by atoms with Crippen molar-refractivity contribution in [1.29, 1.82) is 0 Å². The molecule has 2 N–H and O–H groups in total. The number of nitrogens with one attached hydrogen (secondary N) is 2. The predicted octanol–water partition coefficient (Wildman–Crippen LogP) is 2.06. The molecule has 18 heavy (non-hydrogen) atoms. The molecule has 0 aromatic carbocycles. The van der Waals surface area contributed by atoms with Gasteiger partial charge in [0, 0.05) is 0 Å². The van der Waals surface area contributed by atoms with Crippen LogP contribution in [0.5, 0.6) is 0 Å². The van der Waals surface area contributed by atoms with E-state index in [1.54, 1.807) is 6.26 Å². The van der Waals surface area contributed by atoms with Gasteiger partial charge >= 0.3 is 0 Å². The molecular formula is C14H22N2O2. The molecule has 0 radical (unpaired) electrons. The van der Waals surface area contributed by atoms with Crippen LogP contribution in [0.15, 0.2) is 22.8 Å². The van der Waals surface area contributed by atoms with Crippen molar-refractivity contribution in [3.05, 3.63) is 24.2 Å². The highest BCUT2D eigenvalue weighted by atomic mass is 16.3. The first-order chi connectivity index (χ1) is 8.75. The Labute approximate surface area is 108 Å². The summed E-state index contributed by atoms with van der Waals surface area (Å²) in [5, 5.41) is 6.10. The average Bonchev–Trinajstić information content (AvgIpc) is 3.05. The van der Waals surface area contributed by atoms with Crippen LogP contribution < -0.4 is 10.6 Å². The lowest BCUT2D eigenvalue weighted by atomic mass is 10.2. The molecule has 1 amide bonds. The van der Waals surface area contributed by atoms with Crippen LogP contribution in [-0.2, 0) is 11.3 Å². The van der Waals surface area contributed by atoms with Crippen LogP contribution in [-0.4, -0.2) is 18.5 Å². The van der Waals surface area contributed by atoms with Crippen molar-refractivity contribution in [2.75, 3.05) is 6.54 Å². The van der Waals surface area contributed by atoms with Gasteiger partial charge in [-0.1, -0.05) is 12.8 Å². The molecule has 1 unspecified atom stereocenters. The molecule has 4 nitrogen and oxygen atoms in total. The first kappa shape index (κ1) is 13.1. The maximum absolute atomic E-state index is 11.8. The molecule has 0 bridgehead atoms. The molecule has 1 atom stereocenters. The maximum Gasteiger partial charge on any atom is 0.237 e. The highest BCUT2D eigenvalue weighted by Crippen LogP contribution is 2.33. The van der Waals surface area contributed by atoms with E-state index in [2.05, 4.69) is 10.6 Å². The third-order valence-corrected chi connectivity index (χ3v) is 3.35. The zero-order valence-electron chi connectivity index (χ0n) is 10.9. The van der Waals surface area contributed by atoms with Gasteiger partial charge in [0.15, 0.2) is 0 Å². The summed E-state index contributed by atoms with van der Waals surface area (Å²) < 4.78 is 5.16. The van der Waals surface area contributed by atoms with E-state index in [-0.39, 0.29) is 11.9 Å². The lowest BCUT2D eigenvalue weighted by molar-refractivity contribution is -0.123. The Morgan fingerprint density at radius 3 is 3.06 bits per heavy atom. The van der Waals surface area contributed by atoms with Gasteiger partial charge in [-0.05, 0) is 44.4 Å². The first-order valence-electron chi connectivity index (χ1n) is 6.79. The monoisotopic (exact) mass is 250 g/mol. The van der Waals surface area contributed by atoms with Crippen LogP contribution in [0.3, 0.4) is 0 Å². The minimum Gasteiger partial charge on any atom is -0.467 e. The summed E-state index contributed by atoms with van der Waals surface area (Å²) in [5.41, 5.74) is 0. The van der Waals surface area contributed by atoms with Gasteiger partial charge < -0.3 is 15.1 Å². The zero-order chi connectivity index (χ0) is 12.8. The van der Waals surface area contributed by atoms with Crippen LogP contribution in [0.2, 0.25) is 0 Å². The molecule has 4 heteroatoms. The Bertz CT molecular complexity index is 358. The predicted molar refractivity (Wildman–Crippen MR) is 70.0 cm³/mol. The smallest absolute Gasteiger partial charge is 0.237 e. The summed E-state index contributed by atoms with van der Waals surface area (Å²) in [6.45, 7) is 3.28. The molecule has 0 spiro atoms. The first-order valence-corrected chi connectivity index (χ1v) is 6.79. The highest BCUT2D eigenvalue weighted by Gasteiger charge is 2.20. The number of carbonyl (C=O) groups is 1. The molecule has 0 aliphatic heterocycles. The van der Waals surface area contributed by atoms with Crippen molar-refractivity contribution < 1.29 is 9.21 Å². The normalized spacial score (nSPS) is 16.5. The van der Waals surface area contributed by atoms with Crippen LogP contribution in [0.4, 0.5) is 0 Å². The second kappa shape index (κ2) is 6.59. The van der Waals surface area contributed by atoms with Gasteiger partial charge in [0.2, 0.25) is 5.91 Å². The van der Waals surface area contributed by atoms with E-state index in [4.69, 9.17) is 4.42 Å². The van der Waals surface area contributed by atoms with Crippen molar-refractivity contribution in [3.8, 4) is 0 Å². The quantitative estimate of drug-likeness (QED) is 0.694. The fraction of sp³-hybridized carbons (Fsp3) is 0.643. The summed E-state index contributed by atoms with van der Waals surface area (Å²) in [7, 11) is 0. The lowest BCUT2D eigenvalue weighted by Gasteiger charge is -2.13. The van der Waals surface area contributed by atoms with Gasteiger partial charge in [0.1, 0.15) is 5.76 Å². The van der Waals surface area contributed by atoms with Gasteiger partial charge in [-0.2, -0.15) is 0 Å². The molecule has 1 fully saturated rings. The van der Waals surface area contributed by atoms with Crippen molar-refractivity contribution >= 4 is 5.91 Å². The molecule has 100 valence electrons. The van der Waals surface area contributed by atoms with Gasteiger partial charge in [-0.25, -0.2) is 0 Å². The summed E-state index contributed by atoms with van der Waals surface area (Å²) in [6.07, 6.45) is 6.88. The zero-order valence-corrected chi connectivity index (χ0v) is 10.9. The Kier molecular flexibility index (Phi) is 4.81. The fourth-order valence-electron chi connectivity index (χ4n) is 1.95. The number of hydrogen-bond donors (Lipinski definition) is 2. The van der Waals surface area contributed by atoms with E-state index in [0.717, 1.165) is 18.2 Å². The van der Waals surface area contributed by atoms with E-state index >= 15 is 0 Å². The standard InChI is InChI=1S/C14H22N2O2/c1-11(15-8-2-4-12-6-7-12)14(17)16-10-13-5-3-9-18-13/h3,5,9,11-12,15H,2,4,6-8,10H2,1H3,(H,16,17). The fourth-order valence-corrected chi connectivity index (χ4v) is 1.95. The molecule has 2 rings (SSSR count). The minimum absolute atomic E-state index is 0.0258. The summed E-state index contributed by atoms with van der Waals surface area (Å²) >= 11 is 0. The largest absolute Gasteiger partial charge is 0.467 e. The van der Waals surface area contributed by atoms with Gasteiger partial charge in [-0.15, -0.1) is 0 Å². The third-order valence-electron chi connectivity index (χ3n) is 3.35. The van der Waals surface area contributed by atoms with Crippen molar-refractivity contribution in [2.24, 2.45) is 5.92 Å². The Morgan fingerprint density at radius 2 is 2.39 bits per heavy atom. The maximum atomic E-state index is 11.8. The van der Waals surface area contributed by atoms with Gasteiger partial charge in [-0.3, -0.25) is 4.79 Å². The molecule has 0 saturated heterocycles. The van der Waals surface area contributed by atoms with E-state index in [0.29, 0.717) is 6.54 Å². The average molecular weight is 250 g/mol. The number of furan rings is 1. The molecule has 1 aliphatic rings. The van der Waals surface area contributed by atoms with Crippen LogP contribution >= 0.6 is 0 Å². The van der Waals surface area contributed by atoms with Crippen molar-refractivity contribution in [2.45, 2.75) is 45.2 Å². The van der Waals surface area contributed by atoms with E-state index in [1.807, 2.05) is 19.1 Å². The van der Waals surface area contributed by atoms with Gasteiger partial charge in [0.25, 0.3) is 0 Å². The van der Waals surface area contributed by atoms with E-state index in [9.17, 15) is 4.79 Å². The number of carbonyl (C=O) groups excluding carboxylic acids is 1. The van der Waals surface area contributed by atoms with Crippen LogP contribution in [0, 0.1) is 5.92 Å². The molecule has 1 aliphatic carbocycles. The highest BCUT2D eigenvalue weighted by molar-refractivity contribution is 5.81. The topological polar surface area (TPSA) is 54.3 Å². The Balaban J connectivity index is 1.55. The van der Waals surface area contributed by atoms with E-state index < -0.39 is 0 Å². The molecule has 1 heterocycles. The van der Waals surface area contributed by atoms with Crippen molar-refractivity contribution in [1.82, 2.24) is 10.6 Å². The van der Waals surface area contributed by atoms with Gasteiger partial charge in [0.05, 0.1) is 18.8 Å². The number of hydrogen-bond acceptors (Lipinski definition) is 3. The number of rotatable bonds is 8. The third kappa shape index (κ3) is 4.53. The minimum atomic E-state index is -0.140. The molecule has 1 aromatic rings. The van der Waals surface area contributed by atoms with Crippen LogP contribution in [0.25, 0.3) is 0 Å². The molecule has 1 saturated carbocycles. The second-order valence-corrected chi connectivity index (χ2v) is 5.06. The number of amides is 1. The Hall–Kier alpha value is -1.29.